The van der Waals surface area contributed by atoms with Crippen molar-refractivity contribution < 1.29 is 14.5 Å². The highest BCUT2D eigenvalue weighted by Gasteiger charge is 2.16. The fraction of sp³-hybridized carbons (Fsp3) is 0.214. The van der Waals surface area contributed by atoms with Crippen LogP contribution in [0.5, 0.6) is 5.75 Å². The van der Waals surface area contributed by atoms with E-state index in [4.69, 9.17) is 4.74 Å². The van der Waals surface area contributed by atoms with Crippen LogP contribution in [-0.4, -0.2) is 36.4 Å². The molecule has 0 saturated carbocycles. The summed E-state index contributed by atoms with van der Waals surface area (Å²) in [5.41, 5.74) is 0.956. The van der Waals surface area contributed by atoms with Gasteiger partial charge in [-0.2, -0.15) is 0 Å². The Morgan fingerprint density at radius 3 is 2.57 bits per heavy atom. The van der Waals surface area contributed by atoms with E-state index in [0.29, 0.717) is 0 Å². The van der Waals surface area contributed by atoms with Gasteiger partial charge in [0.05, 0.1) is 30.5 Å². The van der Waals surface area contributed by atoms with Crippen LogP contribution >= 0.6 is 0 Å². The summed E-state index contributed by atoms with van der Waals surface area (Å²) < 4.78 is 5.07. The Morgan fingerprint density at radius 2 is 2.05 bits per heavy atom. The topological polar surface area (TPSA) is 88.5 Å². The van der Waals surface area contributed by atoms with E-state index in [0.717, 1.165) is 11.4 Å². The van der Waals surface area contributed by atoms with Gasteiger partial charge in [0.25, 0.3) is 5.69 Å². The van der Waals surface area contributed by atoms with Crippen LogP contribution < -0.4 is 9.64 Å². The van der Waals surface area contributed by atoms with Crippen molar-refractivity contribution in [1.29, 1.82) is 0 Å². The summed E-state index contributed by atoms with van der Waals surface area (Å²) in [7, 11) is 3.36. The highest BCUT2D eigenvalue weighted by atomic mass is 16.6. The van der Waals surface area contributed by atoms with Crippen molar-refractivity contribution in [3.63, 3.8) is 0 Å². The quantitative estimate of drug-likeness (QED) is 0.500. The second-order valence-electron chi connectivity index (χ2n) is 4.51. The number of Topliss-reactive ketones (excluding diaryl/α,β-unsaturated/α-hetero) is 1. The first kappa shape index (κ1) is 14.6. The maximum atomic E-state index is 12.1. The molecule has 1 aromatic heterocycles. The second kappa shape index (κ2) is 6.08. The van der Waals surface area contributed by atoms with Crippen LogP contribution in [-0.2, 0) is 0 Å². The minimum Gasteiger partial charge on any atom is -0.497 e. The number of nitrogens with one attached hydrogen (secondary N) is 1. The molecule has 7 nitrogen and oxygen atoms in total. The first-order chi connectivity index (χ1) is 10.0. The van der Waals surface area contributed by atoms with Gasteiger partial charge in [0.15, 0.2) is 5.78 Å². The van der Waals surface area contributed by atoms with E-state index in [2.05, 4.69) is 4.98 Å². The number of ketones is 1. The lowest BCUT2D eigenvalue weighted by Gasteiger charge is -2.18. The van der Waals surface area contributed by atoms with Gasteiger partial charge in [0.2, 0.25) is 0 Å². The molecule has 0 aliphatic rings. The molecule has 7 heteroatoms. The number of likely N-dealkylation sites (N-methyl/N-ethyl adjacent to an activating group) is 1. The monoisotopic (exact) mass is 289 g/mol. The number of benzene rings is 1. The third kappa shape index (κ3) is 3.38. The van der Waals surface area contributed by atoms with Gasteiger partial charge in [0.1, 0.15) is 5.75 Å². The molecule has 0 fully saturated rings. The number of nitro groups is 1. The summed E-state index contributed by atoms with van der Waals surface area (Å²) in [4.78, 5) is 26.5. The maximum Gasteiger partial charge on any atom is 0.287 e. The fourth-order valence-corrected chi connectivity index (χ4v) is 1.88. The van der Waals surface area contributed by atoms with Crippen LogP contribution in [0.1, 0.15) is 10.5 Å². The molecule has 0 saturated heterocycles. The number of carbonyl (C=O) groups excluding carboxylic acids is 1. The number of aromatic amines is 1. The lowest BCUT2D eigenvalue weighted by atomic mass is 10.2. The van der Waals surface area contributed by atoms with E-state index in [1.54, 1.807) is 31.2 Å². The molecule has 2 aromatic rings. The number of nitrogens with zero attached hydrogens (tertiary/aromatic N) is 2. The van der Waals surface area contributed by atoms with Gasteiger partial charge in [0, 0.05) is 18.8 Å². The zero-order chi connectivity index (χ0) is 15.4. The van der Waals surface area contributed by atoms with Gasteiger partial charge < -0.3 is 14.6 Å². The molecule has 1 aromatic carbocycles. The summed E-state index contributed by atoms with van der Waals surface area (Å²) in [5.74, 6) is 0.514. The van der Waals surface area contributed by atoms with Crippen molar-refractivity contribution in [2.45, 2.75) is 0 Å². The number of rotatable bonds is 6. The van der Waals surface area contributed by atoms with E-state index in [1.807, 2.05) is 12.1 Å². The van der Waals surface area contributed by atoms with Crippen LogP contribution in [0, 0.1) is 10.1 Å². The molecule has 2 rings (SSSR count). The smallest absolute Gasteiger partial charge is 0.287 e. The third-order valence-corrected chi connectivity index (χ3v) is 3.07. The largest absolute Gasteiger partial charge is 0.497 e. The van der Waals surface area contributed by atoms with Gasteiger partial charge >= 0.3 is 0 Å². The SMILES string of the molecule is COc1ccc(N(C)CC(=O)c2cc([N+](=O)[O-])c[nH]2)cc1. The Bertz CT molecular complexity index is 648. The Hall–Kier alpha value is -2.83. The minimum atomic E-state index is -0.541. The van der Waals surface area contributed by atoms with Crippen LogP contribution in [0.2, 0.25) is 0 Å². The molecule has 0 aliphatic carbocycles. The second-order valence-corrected chi connectivity index (χ2v) is 4.51. The number of methoxy groups -OCH3 is 1. The fourth-order valence-electron chi connectivity index (χ4n) is 1.88. The third-order valence-electron chi connectivity index (χ3n) is 3.07. The van der Waals surface area contributed by atoms with Crippen molar-refractivity contribution in [2.75, 3.05) is 25.6 Å². The summed E-state index contributed by atoms with van der Waals surface area (Å²) in [5, 5.41) is 10.6. The molecule has 1 N–H and O–H groups in total. The van der Waals surface area contributed by atoms with Crippen LogP contribution in [0.25, 0.3) is 0 Å². The molecule has 0 aliphatic heterocycles. The number of hydrogen-bond acceptors (Lipinski definition) is 5. The molecule has 0 radical (unpaired) electrons. The Morgan fingerprint density at radius 1 is 1.38 bits per heavy atom. The van der Waals surface area contributed by atoms with Gasteiger partial charge in [-0.15, -0.1) is 0 Å². The van der Waals surface area contributed by atoms with Gasteiger partial charge in [-0.1, -0.05) is 0 Å². The van der Waals surface area contributed by atoms with Gasteiger partial charge in [-0.05, 0) is 24.3 Å². The van der Waals surface area contributed by atoms with E-state index in [-0.39, 0.29) is 23.7 Å². The molecule has 110 valence electrons. The molecule has 0 bridgehead atoms. The zero-order valence-corrected chi connectivity index (χ0v) is 11.7. The number of anilines is 1. The average molecular weight is 289 g/mol. The Kier molecular flexibility index (Phi) is 4.22. The summed E-state index contributed by atoms with van der Waals surface area (Å²) in [6, 6.07) is 8.52. The Balaban J connectivity index is 2.05. The average Bonchev–Trinajstić information content (AvgIpc) is 2.97. The molecule has 0 unspecified atom stereocenters. The van der Waals surface area contributed by atoms with Crippen LogP contribution in [0.3, 0.4) is 0 Å². The molecule has 1 heterocycles. The zero-order valence-electron chi connectivity index (χ0n) is 11.7. The van der Waals surface area contributed by atoms with E-state index in [1.165, 1.54) is 12.3 Å². The van der Waals surface area contributed by atoms with Crippen molar-refractivity contribution in [3.8, 4) is 5.75 Å². The predicted molar refractivity (Wildman–Crippen MR) is 78.0 cm³/mol. The number of H-pyrrole nitrogens is 1. The number of ether oxygens (including phenoxy) is 1. The maximum absolute atomic E-state index is 12.1. The summed E-state index contributed by atoms with van der Waals surface area (Å²) in [6.07, 6.45) is 1.21. The standard InChI is InChI=1S/C14H15N3O4/c1-16(10-3-5-12(21-2)6-4-10)9-14(18)13-7-11(8-15-13)17(19)20/h3-8,15H,9H2,1-2H3. The molecular weight excluding hydrogens is 274 g/mol. The summed E-state index contributed by atoms with van der Waals surface area (Å²) in [6.45, 7) is 0.115. The van der Waals surface area contributed by atoms with Gasteiger partial charge in [-0.3, -0.25) is 14.9 Å². The molecule has 0 spiro atoms. The van der Waals surface area contributed by atoms with Crippen molar-refractivity contribution in [1.82, 2.24) is 4.98 Å². The Labute approximate surface area is 121 Å². The molecular formula is C14H15N3O4. The highest BCUT2D eigenvalue weighted by Crippen LogP contribution is 2.19. The van der Waals surface area contributed by atoms with Crippen molar-refractivity contribution >= 4 is 17.2 Å². The number of hydrogen-bond donors (Lipinski definition) is 1. The highest BCUT2D eigenvalue weighted by molar-refractivity contribution is 5.98. The van der Waals surface area contributed by atoms with E-state index >= 15 is 0 Å². The molecule has 21 heavy (non-hydrogen) atoms. The minimum absolute atomic E-state index is 0.115. The molecule has 0 atom stereocenters. The molecule has 0 amide bonds. The number of aromatic nitrogens is 1. The van der Waals surface area contributed by atoms with Crippen LogP contribution in [0.15, 0.2) is 36.5 Å². The lowest BCUT2D eigenvalue weighted by molar-refractivity contribution is -0.384. The summed E-state index contributed by atoms with van der Waals surface area (Å²) >= 11 is 0. The first-order valence-corrected chi connectivity index (χ1v) is 6.22. The number of carbonyl (C=O) groups is 1. The van der Waals surface area contributed by atoms with E-state index in [9.17, 15) is 14.9 Å². The normalized spacial score (nSPS) is 10.2. The van der Waals surface area contributed by atoms with Crippen molar-refractivity contribution in [2.24, 2.45) is 0 Å². The predicted octanol–water partition coefficient (Wildman–Crippen LogP) is 2.25. The van der Waals surface area contributed by atoms with E-state index < -0.39 is 4.92 Å². The van der Waals surface area contributed by atoms with Crippen molar-refractivity contribution in [3.05, 3.63) is 52.3 Å². The van der Waals surface area contributed by atoms with Gasteiger partial charge in [-0.25, -0.2) is 0 Å². The van der Waals surface area contributed by atoms with Crippen LogP contribution in [0.4, 0.5) is 11.4 Å². The first-order valence-electron chi connectivity index (χ1n) is 6.22. The lowest BCUT2D eigenvalue weighted by Crippen LogP contribution is -2.25.